The molecule has 18 heavy (non-hydrogen) atoms. The molecule has 2 saturated heterocycles. The summed E-state index contributed by atoms with van der Waals surface area (Å²) in [7, 11) is 0. The topological polar surface area (TPSA) is 32.7 Å². The van der Waals surface area contributed by atoms with Gasteiger partial charge in [-0.2, -0.15) is 0 Å². The minimum Gasteiger partial charge on any atom is -0.387 e. The highest BCUT2D eigenvalue weighted by atomic mass is 16.5. The molecule has 0 aromatic heterocycles. The molecule has 3 heteroatoms. The van der Waals surface area contributed by atoms with Crippen molar-refractivity contribution in [2.45, 2.75) is 38.1 Å². The van der Waals surface area contributed by atoms with Crippen LogP contribution >= 0.6 is 0 Å². The maximum absolute atomic E-state index is 10.4. The summed E-state index contributed by atoms with van der Waals surface area (Å²) in [6.07, 6.45) is 2.77. The van der Waals surface area contributed by atoms with E-state index in [0.29, 0.717) is 12.2 Å². The summed E-state index contributed by atoms with van der Waals surface area (Å²) in [5, 5.41) is 10.4. The molecule has 0 aliphatic carbocycles. The minimum atomic E-state index is -0.385. The Morgan fingerprint density at radius 3 is 2.61 bits per heavy atom. The number of aliphatic hydroxyl groups is 1. The van der Waals surface area contributed by atoms with E-state index in [-0.39, 0.29) is 6.10 Å². The highest BCUT2D eigenvalue weighted by Crippen LogP contribution is 2.28. The van der Waals surface area contributed by atoms with Gasteiger partial charge in [0.25, 0.3) is 0 Å². The highest BCUT2D eigenvalue weighted by Gasteiger charge is 2.34. The van der Waals surface area contributed by atoms with Crippen LogP contribution in [0.25, 0.3) is 0 Å². The first-order valence-electron chi connectivity index (χ1n) is 6.84. The van der Waals surface area contributed by atoms with E-state index >= 15 is 0 Å². The second kappa shape index (κ2) is 5.00. The Bertz CT molecular complexity index is 409. The Morgan fingerprint density at radius 2 is 1.94 bits per heavy atom. The first-order chi connectivity index (χ1) is 8.72. The van der Waals surface area contributed by atoms with Crippen LogP contribution in [0.5, 0.6) is 0 Å². The van der Waals surface area contributed by atoms with Crippen LogP contribution in [0.4, 0.5) is 0 Å². The molecule has 2 heterocycles. The van der Waals surface area contributed by atoms with E-state index in [1.807, 2.05) is 18.2 Å². The fourth-order valence-corrected chi connectivity index (χ4v) is 3.15. The number of aryl methyl sites for hydroxylation is 1. The molecule has 0 amide bonds. The van der Waals surface area contributed by atoms with Crippen LogP contribution in [0, 0.1) is 6.92 Å². The van der Waals surface area contributed by atoms with E-state index < -0.39 is 0 Å². The zero-order chi connectivity index (χ0) is 12.5. The fraction of sp³-hybridized carbons (Fsp3) is 0.600. The van der Waals surface area contributed by atoms with Gasteiger partial charge in [0.1, 0.15) is 0 Å². The molecule has 0 spiro atoms. The lowest BCUT2D eigenvalue weighted by Gasteiger charge is -2.33. The summed E-state index contributed by atoms with van der Waals surface area (Å²) >= 11 is 0. The predicted molar refractivity (Wildman–Crippen MR) is 70.5 cm³/mol. The van der Waals surface area contributed by atoms with Crippen molar-refractivity contribution in [2.75, 3.05) is 19.6 Å². The van der Waals surface area contributed by atoms with E-state index in [1.165, 1.54) is 18.4 Å². The molecule has 0 saturated carbocycles. The lowest BCUT2D eigenvalue weighted by molar-refractivity contribution is -0.0497. The number of nitrogens with zero attached hydrogens (tertiary/aromatic N) is 1. The van der Waals surface area contributed by atoms with Gasteiger partial charge >= 0.3 is 0 Å². The van der Waals surface area contributed by atoms with E-state index in [1.54, 1.807) is 0 Å². The molecule has 1 N–H and O–H groups in total. The molecular formula is C15H21NO2. The molecule has 3 rings (SSSR count). The van der Waals surface area contributed by atoms with Gasteiger partial charge in [0.2, 0.25) is 0 Å². The van der Waals surface area contributed by atoms with E-state index in [0.717, 1.165) is 25.2 Å². The normalized spacial score (nSPS) is 29.4. The summed E-state index contributed by atoms with van der Waals surface area (Å²) < 4.78 is 5.82. The first kappa shape index (κ1) is 12.2. The van der Waals surface area contributed by atoms with Crippen LogP contribution < -0.4 is 0 Å². The van der Waals surface area contributed by atoms with Crippen molar-refractivity contribution in [3.63, 3.8) is 0 Å². The summed E-state index contributed by atoms with van der Waals surface area (Å²) in [5.41, 5.74) is 2.22. The number of morpholine rings is 1. The summed E-state index contributed by atoms with van der Waals surface area (Å²) in [6.45, 7) is 4.72. The zero-order valence-electron chi connectivity index (χ0n) is 10.9. The lowest BCUT2D eigenvalue weighted by atomic mass is 10.0. The summed E-state index contributed by atoms with van der Waals surface area (Å²) in [4.78, 5) is 2.35. The second-order valence-electron chi connectivity index (χ2n) is 5.55. The van der Waals surface area contributed by atoms with Crippen LogP contribution in [-0.4, -0.2) is 41.8 Å². The smallest absolute Gasteiger partial charge is 0.0919 e. The lowest BCUT2D eigenvalue weighted by Crippen LogP contribution is -2.44. The van der Waals surface area contributed by atoms with Crippen molar-refractivity contribution >= 4 is 0 Å². The monoisotopic (exact) mass is 247 g/mol. The minimum absolute atomic E-state index is 0.385. The quantitative estimate of drug-likeness (QED) is 0.885. The molecule has 0 radical (unpaired) electrons. The third-order valence-electron chi connectivity index (χ3n) is 4.10. The standard InChI is InChI=1S/C15H21NO2/c1-11-4-2-3-5-14(11)15(17)10-16-8-12-6-7-13(9-16)18-12/h2-5,12-13,15,17H,6-10H2,1H3. The van der Waals surface area contributed by atoms with E-state index in [9.17, 15) is 5.11 Å². The average Bonchev–Trinajstić information content (AvgIpc) is 2.69. The molecule has 3 unspecified atom stereocenters. The van der Waals surface area contributed by atoms with Gasteiger partial charge in [-0.1, -0.05) is 24.3 Å². The number of ether oxygens (including phenoxy) is 1. The summed E-state index contributed by atoms with van der Waals surface area (Å²) in [5.74, 6) is 0. The molecule has 2 aliphatic heterocycles. The first-order valence-corrected chi connectivity index (χ1v) is 6.84. The predicted octanol–water partition coefficient (Wildman–Crippen LogP) is 1.89. The number of rotatable bonds is 3. The van der Waals surface area contributed by atoms with Crippen molar-refractivity contribution in [3.8, 4) is 0 Å². The number of β-amino-alcohol motifs (C(OH)–C–C–N with tert-alkyl or cyclic N) is 1. The Labute approximate surface area is 108 Å². The zero-order valence-corrected chi connectivity index (χ0v) is 10.9. The number of hydrogen-bond donors (Lipinski definition) is 1. The van der Waals surface area contributed by atoms with Gasteiger partial charge < -0.3 is 9.84 Å². The van der Waals surface area contributed by atoms with Crippen LogP contribution in [0.1, 0.15) is 30.1 Å². The molecular weight excluding hydrogens is 226 g/mol. The van der Waals surface area contributed by atoms with Gasteiger partial charge in [-0.15, -0.1) is 0 Å². The fourth-order valence-electron chi connectivity index (χ4n) is 3.15. The Morgan fingerprint density at radius 1 is 1.28 bits per heavy atom. The van der Waals surface area contributed by atoms with Crippen LogP contribution in [-0.2, 0) is 4.74 Å². The third kappa shape index (κ3) is 2.44. The second-order valence-corrected chi connectivity index (χ2v) is 5.55. The van der Waals surface area contributed by atoms with Gasteiger partial charge in [-0.3, -0.25) is 4.90 Å². The molecule has 2 aliphatic rings. The largest absolute Gasteiger partial charge is 0.387 e. The van der Waals surface area contributed by atoms with Gasteiger partial charge in [-0.25, -0.2) is 0 Å². The highest BCUT2D eigenvalue weighted by molar-refractivity contribution is 5.27. The maximum atomic E-state index is 10.4. The van der Waals surface area contributed by atoms with E-state index in [4.69, 9.17) is 4.74 Å². The van der Waals surface area contributed by atoms with Crippen molar-refractivity contribution in [1.29, 1.82) is 0 Å². The van der Waals surface area contributed by atoms with Crippen molar-refractivity contribution in [3.05, 3.63) is 35.4 Å². The molecule has 2 bridgehead atoms. The van der Waals surface area contributed by atoms with Crippen LogP contribution in [0.3, 0.4) is 0 Å². The van der Waals surface area contributed by atoms with Crippen molar-refractivity contribution < 1.29 is 9.84 Å². The molecule has 3 nitrogen and oxygen atoms in total. The van der Waals surface area contributed by atoms with Crippen LogP contribution in [0.15, 0.2) is 24.3 Å². The number of aliphatic hydroxyl groups excluding tert-OH is 1. The number of fused-ring (bicyclic) bond motifs is 2. The van der Waals surface area contributed by atoms with Crippen molar-refractivity contribution in [1.82, 2.24) is 4.90 Å². The molecule has 1 aromatic rings. The Balaban J connectivity index is 1.64. The molecule has 98 valence electrons. The van der Waals surface area contributed by atoms with Gasteiger partial charge in [0, 0.05) is 19.6 Å². The molecule has 1 aromatic carbocycles. The third-order valence-corrected chi connectivity index (χ3v) is 4.10. The molecule has 2 fully saturated rings. The summed E-state index contributed by atoms with van der Waals surface area (Å²) in [6, 6.07) is 8.09. The average molecular weight is 247 g/mol. The van der Waals surface area contributed by atoms with E-state index in [2.05, 4.69) is 17.9 Å². The Kier molecular flexibility index (Phi) is 3.37. The SMILES string of the molecule is Cc1ccccc1C(O)CN1CC2CCC(C1)O2. The number of hydrogen-bond acceptors (Lipinski definition) is 3. The van der Waals surface area contributed by atoms with Crippen LogP contribution in [0.2, 0.25) is 0 Å². The van der Waals surface area contributed by atoms with Gasteiger partial charge in [-0.05, 0) is 30.9 Å². The number of benzene rings is 1. The van der Waals surface area contributed by atoms with Crippen molar-refractivity contribution in [2.24, 2.45) is 0 Å². The Hall–Kier alpha value is -0.900. The maximum Gasteiger partial charge on any atom is 0.0919 e. The van der Waals surface area contributed by atoms with Gasteiger partial charge in [0.05, 0.1) is 18.3 Å². The molecule has 3 atom stereocenters. The number of likely N-dealkylation sites (tertiary alicyclic amines) is 1. The van der Waals surface area contributed by atoms with Gasteiger partial charge in [0.15, 0.2) is 0 Å².